The van der Waals surface area contributed by atoms with Gasteiger partial charge in [0.25, 0.3) is 0 Å². The second-order valence-corrected chi connectivity index (χ2v) is 6.42. The summed E-state index contributed by atoms with van der Waals surface area (Å²) >= 11 is 11.8. The zero-order valence-corrected chi connectivity index (χ0v) is 12.7. The van der Waals surface area contributed by atoms with Gasteiger partial charge in [0.2, 0.25) is 0 Å². The molecule has 19 heavy (non-hydrogen) atoms. The molecule has 1 atom stereocenters. The molecule has 0 amide bonds. The molecular formula is C14H19Cl2NO2. The van der Waals surface area contributed by atoms with Crippen molar-refractivity contribution in [3.8, 4) is 5.75 Å². The molecule has 0 aliphatic carbocycles. The molecule has 0 aromatic heterocycles. The highest BCUT2D eigenvalue weighted by Crippen LogP contribution is 2.31. The fraction of sp³-hybridized carbons (Fsp3) is 0.571. The van der Waals surface area contributed by atoms with Crippen LogP contribution in [0.3, 0.4) is 0 Å². The van der Waals surface area contributed by atoms with Crippen LogP contribution in [0.5, 0.6) is 5.75 Å². The highest BCUT2D eigenvalue weighted by molar-refractivity contribution is 6.35. The average Bonchev–Trinajstić information content (AvgIpc) is 2.31. The van der Waals surface area contributed by atoms with Crippen LogP contribution in [0.4, 0.5) is 0 Å². The number of nitrogens with one attached hydrogen (secondary N) is 1. The lowest BCUT2D eigenvalue weighted by Gasteiger charge is -2.36. The number of aromatic hydroxyl groups is 1. The van der Waals surface area contributed by atoms with Crippen molar-refractivity contribution < 1.29 is 9.84 Å². The Labute approximate surface area is 123 Å². The Morgan fingerprint density at radius 2 is 2.16 bits per heavy atom. The van der Waals surface area contributed by atoms with Gasteiger partial charge in [-0.1, -0.05) is 23.2 Å². The molecule has 1 aromatic rings. The Morgan fingerprint density at radius 3 is 2.84 bits per heavy atom. The number of halogens is 2. The molecule has 3 nitrogen and oxygen atoms in total. The van der Waals surface area contributed by atoms with Gasteiger partial charge in [-0.3, -0.25) is 0 Å². The molecule has 1 aliphatic heterocycles. The van der Waals surface area contributed by atoms with E-state index in [0.717, 1.165) is 25.0 Å². The van der Waals surface area contributed by atoms with Crippen LogP contribution < -0.4 is 5.32 Å². The van der Waals surface area contributed by atoms with Gasteiger partial charge < -0.3 is 15.2 Å². The van der Waals surface area contributed by atoms with Crippen molar-refractivity contribution in [1.82, 2.24) is 5.32 Å². The number of hydrogen-bond acceptors (Lipinski definition) is 3. The summed E-state index contributed by atoms with van der Waals surface area (Å²) in [6, 6.07) is 3.65. The average molecular weight is 304 g/mol. The van der Waals surface area contributed by atoms with Crippen molar-refractivity contribution in [1.29, 1.82) is 0 Å². The van der Waals surface area contributed by atoms with Crippen LogP contribution in [-0.4, -0.2) is 23.4 Å². The summed E-state index contributed by atoms with van der Waals surface area (Å²) in [4.78, 5) is 0. The third-order valence-electron chi connectivity index (χ3n) is 3.39. The van der Waals surface area contributed by atoms with Gasteiger partial charge in [0.15, 0.2) is 0 Å². The van der Waals surface area contributed by atoms with Crippen molar-refractivity contribution in [2.24, 2.45) is 0 Å². The maximum Gasteiger partial charge on any atom is 0.138 e. The fourth-order valence-electron chi connectivity index (χ4n) is 2.41. The molecule has 2 N–H and O–H groups in total. The highest BCUT2D eigenvalue weighted by Gasteiger charge is 2.28. The van der Waals surface area contributed by atoms with Crippen LogP contribution in [-0.2, 0) is 11.3 Å². The molecule has 5 heteroatoms. The zero-order chi connectivity index (χ0) is 14.0. The van der Waals surface area contributed by atoms with E-state index in [-0.39, 0.29) is 16.4 Å². The fourth-order valence-corrected chi connectivity index (χ4v) is 2.95. The summed E-state index contributed by atoms with van der Waals surface area (Å²) in [5.41, 5.74) is 0.631. The summed E-state index contributed by atoms with van der Waals surface area (Å²) < 4.78 is 5.68. The molecule has 106 valence electrons. The van der Waals surface area contributed by atoms with Crippen molar-refractivity contribution in [2.45, 2.75) is 44.9 Å². The minimum Gasteiger partial charge on any atom is -0.506 e. The van der Waals surface area contributed by atoms with Gasteiger partial charge in [-0.05, 0) is 38.8 Å². The lowest BCUT2D eigenvalue weighted by atomic mass is 9.94. The second kappa shape index (κ2) is 5.88. The Morgan fingerprint density at radius 1 is 1.42 bits per heavy atom. The zero-order valence-electron chi connectivity index (χ0n) is 11.2. The largest absolute Gasteiger partial charge is 0.506 e. The maximum atomic E-state index is 9.90. The van der Waals surface area contributed by atoms with Gasteiger partial charge in [-0.2, -0.15) is 0 Å². The maximum absolute atomic E-state index is 9.90. The molecule has 1 saturated heterocycles. The number of rotatable bonds is 3. The molecule has 1 heterocycles. The van der Waals surface area contributed by atoms with Gasteiger partial charge in [0.1, 0.15) is 5.75 Å². The molecule has 1 aliphatic rings. The van der Waals surface area contributed by atoms with E-state index >= 15 is 0 Å². The van der Waals surface area contributed by atoms with Gasteiger partial charge in [0, 0.05) is 29.8 Å². The number of ether oxygens (including phenoxy) is 1. The smallest absolute Gasteiger partial charge is 0.138 e. The second-order valence-electron chi connectivity index (χ2n) is 5.57. The van der Waals surface area contributed by atoms with E-state index in [4.69, 9.17) is 27.9 Å². The number of phenols is 1. The predicted octanol–water partition coefficient (Wildman–Crippen LogP) is 3.75. The molecule has 1 fully saturated rings. The van der Waals surface area contributed by atoms with Gasteiger partial charge in [0.05, 0.1) is 10.6 Å². The first kappa shape index (κ1) is 14.9. The van der Waals surface area contributed by atoms with Crippen molar-refractivity contribution >= 4 is 23.2 Å². The van der Waals surface area contributed by atoms with Gasteiger partial charge in [-0.15, -0.1) is 0 Å². The molecule has 2 rings (SSSR count). The summed E-state index contributed by atoms with van der Waals surface area (Å²) in [6.07, 6.45) is 1.92. The number of benzene rings is 1. The molecule has 1 unspecified atom stereocenters. The number of hydrogen-bond donors (Lipinski definition) is 2. The van der Waals surface area contributed by atoms with E-state index in [2.05, 4.69) is 19.2 Å². The SMILES string of the molecule is CC1(C)CC(NCc2cc(Cl)cc(Cl)c2O)CCO1. The molecular weight excluding hydrogens is 285 g/mol. The van der Waals surface area contributed by atoms with Gasteiger partial charge >= 0.3 is 0 Å². The van der Waals surface area contributed by atoms with E-state index < -0.39 is 0 Å². The number of phenolic OH excluding ortho intramolecular Hbond substituents is 1. The Balaban J connectivity index is 1.99. The Hall–Kier alpha value is -0.480. The van der Waals surface area contributed by atoms with Crippen molar-refractivity contribution in [2.75, 3.05) is 6.61 Å². The summed E-state index contributed by atoms with van der Waals surface area (Å²) in [7, 11) is 0. The lowest BCUT2D eigenvalue weighted by molar-refractivity contribution is -0.0630. The van der Waals surface area contributed by atoms with E-state index in [1.807, 2.05) is 0 Å². The standard InChI is InChI=1S/C14H19Cl2NO2/c1-14(2)7-11(3-4-19-14)17-8-9-5-10(15)6-12(16)13(9)18/h5-6,11,17-18H,3-4,7-8H2,1-2H3. The van der Waals surface area contributed by atoms with Crippen LogP contribution in [0.25, 0.3) is 0 Å². The minimum atomic E-state index is -0.0933. The van der Waals surface area contributed by atoms with E-state index in [9.17, 15) is 5.11 Å². The highest BCUT2D eigenvalue weighted by atomic mass is 35.5. The van der Waals surface area contributed by atoms with E-state index in [1.54, 1.807) is 12.1 Å². The lowest BCUT2D eigenvalue weighted by Crippen LogP contribution is -2.43. The summed E-state index contributed by atoms with van der Waals surface area (Å²) in [6.45, 7) is 5.49. The summed E-state index contributed by atoms with van der Waals surface area (Å²) in [5.74, 6) is 0.102. The third-order valence-corrected chi connectivity index (χ3v) is 3.89. The molecule has 0 radical (unpaired) electrons. The monoisotopic (exact) mass is 303 g/mol. The van der Waals surface area contributed by atoms with Crippen LogP contribution in [0.2, 0.25) is 10.0 Å². The minimum absolute atomic E-state index is 0.0933. The van der Waals surface area contributed by atoms with Gasteiger partial charge in [-0.25, -0.2) is 0 Å². The molecule has 0 bridgehead atoms. The third kappa shape index (κ3) is 3.99. The topological polar surface area (TPSA) is 41.5 Å². The van der Waals surface area contributed by atoms with Crippen LogP contribution in [0.15, 0.2) is 12.1 Å². The first-order chi connectivity index (χ1) is 8.87. The predicted molar refractivity (Wildman–Crippen MR) is 78.0 cm³/mol. The summed E-state index contributed by atoms with van der Waals surface area (Å²) in [5, 5.41) is 14.2. The Kier molecular flexibility index (Phi) is 4.62. The van der Waals surface area contributed by atoms with E-state index in [0.29, 0.717) is 17.6 Å². The first-order valence-corrected chi connectivity index (χ1v) is 7.17. The van der Waals surface area contributed by atoms with E-state index in [1.165, 1.54) is 0 Å². The molecule has 1 aromatic carbocycles. The van der Waals surface area contributed by atoms with Crippen LogP contribution in [0, 0.1) is 0 Å². The Bertz CT molecular complexity index is 463. The quantitative estimate of drug-likeness (QED) is 0.893. The van der Waals surface area contributed by atoms with Crippen LogP contribution in [0.1, 0.15) is 32.3 Å². The van der Waals surface area contributed by atoms with Crippen molar-refractivity contribution in [3.05, 3.63) is 27.7 Å². The van der Waals surface area contributed by atoms with Crippen LogP contribution >= 0.6 is 23.2 Å². The normalized spacial score (nSPS) is 22.4. The first-order valence-electron chi connectivity index (χ1n) is 6.41. The molecule has 0 spiro atoms. The van der Waals surface area contributed by atoms with Crippen molar-refractivity contribution in [3.63, 3.8) is 0 Å². The molecule has 0 saturated carbocycles.